The van der Waals surface area contributed by atoms with Crippen LogP contribution in [0.5, 0.6) is 11.5 Å². The molecule has 6 heteroatoms. The highest BCUT2D eigenvalue weighted by Crippen LogP contribution is 2.27. The Balaban J connectivity index is 2.21. The fourth-order valence-electron chi connectivity index (χ4n) is 1.50. The van der Waals surface area contributed by atoms with Crippen LogP contribution in [0.15, 0.2) is 41.1 Å². The van der Waals surface area contributed by atoms with Crippen LogP contribution in [0, 0.1) is 0 Å². The molecule has 98 valence electrons. The van der Waals surface area contributed by atoms with Gasteiger partial charge in [0.05, 0.1) is 12.8 Å². The smallest absolute Gasteiger partial charge is 0.255 e. The summed E-state index contributed by atoms with van der Waals surface area (Å²) in [6.45, 7) is 0. The SMILES string of the molecule is COc1ccc(C(=O)Nc2cccnc2Br)cc1O. The molecular formula is C13H11BrN2O3. The van der Waals surface area contributed by atoms with Crippen molar-refractivity contribution in [1.29, 1.82) is 0 Å². The van der Waals surface area contributed by atoms with Crippen molar-refractivity contribution < 1.29 is 14.6 Å². The largest absolute Gasteiger partial charge is 0.504 e. The maximum atomic E-state index is 12.0. The van der Waals surface area contributed by atoms with Crippen molar-refractivity contribution in [3.05, 3.63) is 46.7 Å². The molecule has 2 aromatic rings. The number of carbonyl (C=O) groups is 1. The monoisotopic (exact) mass is 322 g/mol. The number of anilines is 1. The van der Waals surface area contributed by atoms with E-state index in [2.05, 4.69) is 26.2 Å². The van der Waals surface area contributed by atoms with E-state index in [4.69, 9.17) is 4.74 Å². The first kappa shape index (κ1) is 13.4. The first-order chi connectivity index (χ1) is 9.11. The van der Waals surface area contributed by atoms with Crippen molar-refractivity contribution in [2.75, 3.05) is 12.4 Å². The molecule has 0 saturated carbocycles. The summed E-state index contributed by atoms with van der Waals surface area (Å²) in [7, 11) is 1.45. The minimum absolute atomic E-state index is 0.0830. The normalized spacial score (nSPS) is 10.0. The van der Waals surface area contributed by atoms with E-state index in [0.29, 0.717) is 21.6 Å². The second-order valence-corrected chi connectivity index (χ2v) is 4.43. The molecule has 5 nitrogen and oxygen atoms in total. The molecule has 2 rings (SSSR count). The zero-order chi connectivity index (χ0) is 13.8. The highest BCUT2D eigenvalue weighted by atomic mass is 79.9. The molecular weight excluding hydrogens is 312 g/mol. The molecule has 0 radical (unpaired) electrons. The number of ether oxygens (including phenoxy) is 1. The van der Waals surface area contributed by atoms with E-state index in [9.17, 15) is 9.90 Å². The molecule has 19 heavy (non-hydrogen) atoms. The third-order valence-corrected chi connectivity index (χ3v) is 3.08. The number of phenols is 1. The Bertz CT molecular complexity index is 617. The Morgan fingerprint density at radius 2 is 2.21 bits per heavy atom. The molecule has 2 N–H and O–H groups in total. The van der Waals surface area contributed by atoms with Crippen molar-refractivity contribution in [3.63, 3.8) is 0 Å². The van der Waals surface area contributed by atoms with Crippen molar-refractivity contribution >= 4 is 27.5 Å². The van der Waals surface area contributed by atoms with Gasteiger partial charge >= 0.3 is 0 Å². The van der Waals surface area contributed by atoms with Crippen LogP contribution in [0.3, 0.4) is 0 Å². The highest BCUT2D eigenvalue weighted by molar-refractivity contribution is 9.10. The summed E-state index contributed by atoms with van der Waals surface area (Å²) in [6.07, 6.45) is 1.61. The number of benzene rings is 1. The summed E-state index contributed by atoms with van der Waals surface area (Å²) in [5.41, 5.74) is 0.886. The molecule has 0 aliphatic carbocycles. The van der Waals surface area contributed by atoms with E-state index < -0.39 is 0 Å². The molecule has 0 aliphatic heterocycles. The van der Waals surface area contributed by atoms with Crippen LogP contribution in [0.1, 0.15) is 10.4 Å². The Hall–Kier alpha value is -2.08. The molecule has 1 aromatic heterocycles. The second-order valence-electron chi connectivity index (χ2n) is 3.68. The summed E-state index contributed by atoms with van der Waals surface area (Å²) < 4.78 is 5.46. The fraction of sp³-hybridized carbons (Fsp3) is 0.0769. The maximum absolute atomic E-state index is 12.0. The lowest BCUT2D eigenvalue weighted by atomic mass is 10.2. The van der Waals surface area contributed by atoms with Crippen molar-refractivity contribution in [1.82, 2.24) is 4.98 Å². The molecule has 1 heterocycles. The van der Waals surface area contributed by atoms with Crippen LogP contribution < -0.4 is 10.1 Å². The lowest BCUT2D eigenvalue weighted by molar-refractivity contribution is 0.102. The fourth-order valence-corrected chi connectivity index (χ4v) is 1.85. The van der Waals surface area contributed by atoms with Crippen LogP contribution in [0.2, 0.25) is 0 Å². The number of halogens is 1. The lowest BCUT2D eigenvalue weighted by Gasteiger charge is -2.08. The summed E-state index contributed by atoms with van der Waals surface area (Å²) in [5, 5.41) is 12.3. The Kier molecular flexibility index (Phi) is 4.01. The van der Waals surface area contributed by atoms with E-state index in [-0.39, 0.29) is 11.7 Å². The predicted molar refractivity (Wildman–Crippen MR) is 74.5 cm³/mol. The van der Waals surface area contributed by atoms with Gasteiger partial charge in [0.1, 0.15) is 4.60 Å². The molecule has 0 bridgehead atoms. The molecule has 0 aliphatic rings. The third kappa shape index (κ3) is 3.03. The summed E-state index contributed by atoms with van der Waals surface area (Å²) in [4.78, 5) is 16.0. The van der Waals surface area contributed by atoms with Gasteiger partial charge < -0.3 is 15.2 Å². The number of pyridine rings is 1. The number of hydrogen-bond donors (Lipinski definition) is 2. The van der Waals surface area contributed by atoms with E-state index in [0.717, 1.165) is 0 Å². The van der Waals surface area contributed by atoms with Gasteiger partial charge in [0.15, 0.2) is 11.5 Å². The predicted octanol–water partition coefficient (Wildman–Crippen LogP) is 2.81. The van der Waals surface area contributed by atoms with Gasteiger partial charge in [0.25, 0.3) is 5.91 Å². The molecule has 0 fully saturated rings. The van der Waals surface area contributed by atoms with Gasteiger partial charge in [-0.05, 0) is 46.3 Å². The quantitative estimate of drug-likeness (QED) is 0.852. The van der Waals surface area contributed by atoms with Gasteiger partial charge in [0, 0.05) is 11.8 Å². The zero-order valence-electron chi connectivity index (χ0n) is 10.1. The van der Waals surface area contributed by atoms with Crippen molar-refractivity contribution in [2.45, 2.75) is 0 Å². The number of methoxy groups -OCH3 is 1. The Morgan fingerprint density at radius 3 is 2.84 bits per heavy atom. The van der Waals surface area contributed by atoms with Gasteiger partial charge in [0.2, 0.25) is 0 Å². The van der Waals surface area contributed by atoms with Crippen LogP contribution >= 0.6 is 15.9 Å². The van der Waals surface area contributed by atoms with E-state index in [1.54, 1.807) is 24.4 Å². The number of nitrogens with zero attached hydrogens (tertiary/aromatic N) is 1. The minimum atomic E-state index is -0.341. The van der Waals surface area contributed by atoms with Crippen LogP contribution in [0.25, 0.3) is 0 Å². The first-order valence-corrected chi connectivity index (χ1v) is 6.20. The summed E-state index contributed by atoms with van der Waals surface area (Å²) in [6, 6.07) is 7.88. The third-order valence-electron chi connectivity index (χ3n) is 2.45. The van der Waals surface area contributed by atoms with E-state index >= 15 is 0 Å². The Morgan fingerprint density at radius 1 is 1.42 bits per heavy atom. The van der Waals surface area contributed by atoms with Gasteiger partial charge in [-0.15, -0.1) is 0 Å². The number of amides is 1. The molecule has 0 atom stereocenters. The topological polar surface area (TPSA) is 71.5 Å². The number of rotatable bonds is 3. The average Bonchev–Trinajstić information content (AvgIpc) is 2.41. The average molecular weight is 323 g/mol. The molecule has 1 amide bonds. The van der Waals surface area contributed by atoms with Crippen molar-refractivity contribution in [2.24, 2.45) is 0 Å². The minimum Gasteiger partial charge on any atom is -0.504 e. The van der Waals surface area contributed by atoms with E-state index in [1.807, 2.05) is 0 Å². The number of phenolic OH excluding ortho intramolecular Hbond substituents is 1. The molecule has 1 aromatic carbocycles. The lowest BCUT2D eigenvalue weighted by Crippen LogP contribution is -2.12. The van der Waals surface area contributed by atoms with Gasteiger partial charge in [-0.25, -0.2) is 4.98 Å². The summed E-state index contributed by atoms with van der Waals surface area (Å²) >= 11 is 3.24. The molecule has 0 unspecified atom stereocenters. The number of carbonyl (C=O) groups excluding carboxylic acids is 1. The van der Waals surface area contributed by atoms with Crippen molar-refractivity contribution in [3.8, 4) is 11.5 Å². The molecule has 0 saturated heterocycles. The number of hydrogen-bond acceptors (Lipinski definition) is 4. The van der Waals surface area contributed by atoms with Crippen LogP contribution in [-0.4, -0.2) is 23.1 Å². The van der Waals surface area contributed by atoms with Crippen LogP contribution in [-0.2, 0) is 0 Å². The highest BCUT2D eigenvalue weighted by Gasteiger charge is 2.11. The van der Waals surface area contributed by atoms with Crippen LogP contribution in [0.4, 0.5) is 5.69 Å². The standard InChI is InChI=1S/C13H11BrN2O3/c1-19-11-5-4-8(7-10(11)17)13(18)16-9-3-2-6-15-12(9)14/h2-7,17H,1H3,(H,16,18). The van der Waals surface area contributed by atoms with E-state index in [1.165, 1.54) is 19.2 Å². The first-order valence-electron chi connectivity index (χ1n) is 5.40. The Labute approximate surface area is 118 Å². The zero-order valence-corrected chi connectivity index (χ0v) is 11.6. The maximum Gasteiger partial charge on any atom is 0.255 e. The summed E-state index contributed by atoms with van der Waals surface area (Å²) in [5.74, 6) is -0.105. The number of nitrogens with one attached hydrogen (secondary N) is 1. The second kappa shape index (κ2) is 5.71. The van der Waals surface area contributed by atoms with Gasteiger partial charge in [-0.1, -0.05) is 0 Å². The van der Waals surface area contributed by atoms with Gasteiger partial charge in [-0.3, -0.25) is 4.79 Å². The number of aromatic nitrogens is 1. The number of aromatic hydroxyl groups is 1. The van der Waals surface area contributed by atoms with Gasteiger partial charge in [-0.2, -0.15) is 0 Å². The molecule has 0 spiro atoms.